The molecule has 56 valence electrons. The Morgan fingerprint density at radius 1 is 0.667 bits per heavy atom. The summed E-state index contributed by atoms with van der Waals surface area (Å²) in [5.41, 5.74) is 0. The third kappa shape index (κ3) is 8.35. The van der Waals surface area contributed by atoms with Crippen molar-refractivity contribution >= 4 is 11.8 Å². The van der Waals surface area contributed by atoms with Gasteiger partial charge < -0.3 is 0 Å². The van der Waals surface area contributed by atoms with E-state index in [2.05, 4.69) is 41.5 Å². The van der Waals surface area contributed by atoms with Crippen LogP contribution in [-0.4, -0.2) is 9.49 Å². The van der Waals surface area contributed by atoms with Crippen molar-refractivity contribution in [2.75, 3.05) is 0 Å². The van der Waals surface area contributed by atoms with Gasteiger partial charge in [0, 0.05) is 9.49 Å². The lowest BCUT2D eigenvalue weighted by Crippen LogP contribution is -2.19. The molecule has 1 heteroatoms. The van der Waals surface area contributed by atoms with Gasteiger partial charge in [0.25, 0.3) is 0 Å². The van der Waals surface area contributed by atoms with Crippen molar-refractivity contribution in [3.8, 4) is 0 Å². The molecule has 0 aromatic heterocycles. The fourth-order valence-corrected chi connectivity index (χ4v) is 2.76. The van der Waals surface area contributed by atoms with Gasteiger partial charge in [-0.2, -0.15) is 11.8 Å². The summed E-state index contributed by atoms with van der Waals surface area (Å²) in [4.78, 5) is 0. The SMILES string of the molecule is CC(C)(C)SC(C)(C)C. The van der Waals surface area contributed by atoms with E-state index in [1.807, 2.05) is 11.8 Å². The first kappa shape index (κ1) is 9.35. The predicted octanol–water partition coefficient (Wildman–Crippen LogP) is 3.32. The number of hydrogen-bond donors (Lipinski definition) is 0. The van der Waals surface area contributed by atoms with Gasteiger partial charge in [-0.25, -0.2) is 0 Å². The van der Waals surface area contributed by atoms with E-state index in [0.717, 1.165) is 0 Å². The fraction of sp³-hybridized carbons (Fsp3) is 1.00. The maximum Gasteiger partial charge on any atom is 0.00803 e. The van der Waals surface area contributed by atoms with Crippen LogP contribution < -0.4 is 0 Å². The van der Waals surface area contributed by atoms with Crippen LogP contribution in [0.4, 0.5) is 0 Å². The zero-order valence-corrected chi connectivity index (χ0v) is 8.22. The van der Waals surface area contributed by atoms with Gasteiger partial charge in [0.2, 0.25) is 0 Å². The molecule has 0 saturated carbocycles. The summed E-state index contributed by atoms with van der Waals surface area (Å²) < 4.78 is 0.802. The smallest absolute Gasteiger partial charge is 0.00803 e. The summed E-state index contributed by atoms with van der Waals surface area (Å²) in [7, 11) is 0. The highest BCUT2D eigenvalue weighted by Gasteiger charge is 2.20. The highest BCUT2D eigenvalue weighted by molar-refractivity contribution is 8.01. The summed E-state index contributed by atoms with van der Waals surface area (Å²) in [5, 5.41) is 0. The van der Waals surface area contributed by atoms with Gasteiger partial charge in [-0.1, -0.05) is 41.5 Å². The van der Waals surface area contributed by atoms with Crippen molar-refractivity contribution in [1.82, 2.24) is 0 Å². The average molecular weight is 146 g/mol. The first-order valence-electron chi connectivity index (χ1n) is 3.41. The van der Waals surface area contributed by atoms with E-state index in [0.29, 0.717) is 9.49 Å². The molecule has 0 radical (unpaired) electrons. The first-order valence-corrected chi connectivity index (χ1v) is 4.22. The monoisotopic (exact) mass is 146 g/mol. The molecule has 0 bridgehead atoms. The summed E-state index contributed by atoms with van der Waals surface area (Å²) in [6, 6.07) is 0. The lowest BCUT2D eigenvalue weighted by Gasteiger charge is -2.28. The average Bonchev–Trinajstić information content (AvgIpc) is 1.14. The number of rotatable bonds is 0. The van der Waals surface area contributed by atoms with Crippen molar-refractivity contribution in [1.29, 1.82) is 0 Å². The Hall–Kier alpha value is 0.350. The van der Waals surface area contributed by atoms with Crippen molar-refractivity contribution in [3.63, 3.8) is 0 Å². The molecular weight excluding hydrogens is 128 g/mol. The van der Waals surface area contributed by atoms with Gasteiger partial charge in [-0.15, -0.1) is 0 Å². The normalized spacial score (nSPS) is 14.0. The van der Waals surface area contributed by atoms with Crippen LogP contribution in [0.15, 0.2) is 0 Å². The minimum atomic E-state index is 0.401. The Morgan fingerprint density at radius 2 is 0.889 bits per heavy atom. The van der Waals surface area contributed by atoms with Crippen molar-refractivity contribution in [2.24, 2.45) is 0 Å². The van der Waals surface area contributed by atoms with Crippen LogP contribution in [0.5, 0.6) is 0 Å². The summed E-state index contributed by atoms with van der Waals surface area (Å²) >= 11 is 2.01. The van der Waals surface area contributed by atoms with E-state index in [9.17, 15) is 0 Å². The van der Waals surface area contributed by atoms with E-state index < -0.39 is 0 Å². The van der Waals surface area contributed by atoms with Crippen LogP contribution in [0.3, 0.4) is 0 Å². The van der Waals surface area contributed by atoms with Gasteiger partial charge in [-0.05, 0) is 0 Å². The second-order valence-corrected chi connectivity index (χ2v) is 6.98. The molecule has 0 aromatic rings. The van der Waals surface area contributed by atoms with Crippen LogP contribution in [0.25, 0.3) is 0 Å². The molecule has 9 heavy (non-hydrogen) atoms. The van der Waals surface area contributed by atoms with Crippen LogP contribution >= 0.6 is 11.8 Å². The highest BCUT2D eigenvalue weighted by atomic mass is 32.2. The maximum atomic E-state index is 2.25. The second kappa shape index (κ2) is 2.53. The molecule has 0 aliphatic carbocycles. The zero-order chi connectivity index (χ0) is 7.71. The molecule has 0 amide bonds. The zero-order valence-electron chi connectivity index (χ0n) is 7.41. The number of hydrogen-bond acceptors (Lipinski definition) is 1. The molecule has 0 nitrogen and oxygen atoms in total. The quantitative estimate of drug-likeness (QED) is 0.505. The standard InChI is InChI=1S/C8H18S/c1-7(2,3)9-8(4,5)6/h1-6H3. The third-order valence-electron chi connectivity index (χ3n) is 0.612. The number of thioether (sulfide) groups is 1. The summed E-state index contributed by atoms with van der Waals surface area (Å²) in [5.74, 6) is 0. The largest absolute Gasteiger partial charge is 0.150 e. The Balaban J connectivity index is 3.75. The highest BCUT2D eigenvalue weighted by Crippen LogP contribution is 2.35. The second-order valence-electron chi connectivity index (χ2n) is 4.33. The molecule has 0 fully saturated rings. The topological polar surface area (TPSA) is 0 Å². The van der Waals surface area contributed by atoms with Crippen LogP contribution in [0, 0.1) is 0 Å². The predicted molar refractivity (Wildman–Crippen MR) is 47.1 cm³/mol. The Kier molecular flexibility index (Phi) is 2.63. The van der Waals surface area contributed by atoms with E-state index in [1.165, 1.54) is 0 Å². The van der Waals surface area contributed by atoms with Crippen LogP contribution in [-0.2, 0) is 0 Å². The molecule has 0 rings (SSSR count). The molecule has 0 aromatic carbocycles. The molecule has 0 unspecified atom stereocenters. The fourth-order valence-electron chi connectivity index (χ4n) is 0.919. The molecular formula is C8H18S. The van der Waals surface area contributed by atoms with E-state index in [4.69, 9.17) is 0 Å². The summed E-state index contributed by atoms with van der Waals surface area (Å²) in [6.07, 6.45) is 0. The van der Waals surface area contributed by atoms with Crippen molar-refractivity contribution in [3.05, 3.63) is 0 Å². The van der Waals surface area contributed by atoms with Gasteiger partial charge in [-0.3, -0.25) is 0 Å². The minimum Gasteiger partial charge on any atom is -0.150 e. The Labute approximate surface area is 63.4 Å². The van der Waals surface area contributed by atoms with Gasteiger partial charge in [0.15, 0.2) is 0 Å². The first-order chi connectivity index (χ1) is 3.71. The molecule has 0 N–H and O–H groups in total. The maximum absolute atomic E-state index is 2.25. The van der Waals surface area contributed by atoms with E-state index in [1.54, 1.807) is 0 Å². The summed E-state index contributed by atoms with van der Waals surface area (Å²) in [6.45, 7) is 13.5. The van der Waals surface area contributed by atoms with Crippen molar-refractivity contribution < 1.29 is 0 Å². The third-order valence-corrected chi connectivity index (χ3v) is 1.84. The van der Waals surface area contributed by atoms with E-state index >= 15 is 0 Å². The lowest BCUT2D eigenvalue weighted by molar-refractivity contribution is 0.740. The Morgan fingerprint density at radius 3 is 0.889 bits per heavy atom. The molecule has 0 aliphatic rings. The molecule has 0 spiro atoms. The molecule has 0 atom stereocenters. The van der Waals surface area contributed by atoms with Crippen LogP contribution in [0.2, 0.25) is 0 Å². The lowest BCUT2D eigenvalue weighted by atomic mass is 10.2. The Bertz CT molecular complexity index is 69.7. The van der Waals surface area contributed by atoms with Gasteiger partial charge in [0.1, 0.15) is 0 Å². The molecule has 0 heterocycles. The van der Waals surface area contributed by atoms with Gasteiger partial charge in [0.05, 0.1) is 0 Å². The van der Waals surface area contributed by atoms with Crippen molar-refractivity contribution in [2.45, 2.75) is 51.0 Å². The van der Waals surface area contributed by atoms with Gasteiger partial charge >= 0.3 is 0 Å². The van der Waals surface area contributed by atoms with Crippen LogP contribution in [0.1, 0.15) is 41.5 Å². The molecule has 0 saturated heterocycles. The van der Waals surface area contributed by atoms with E-state index in [-0.39, 0.29) is 0 Å². The minimum absolute atomic E-state index is 0.401. The molecule has 0 aliphatic heterocycles.